The van der Waals surface area contributed by atoms with Crippen LogP contribution < -0.4 is 0 Å². The van der Waals surface area contributed by atoms with Gasteiger partial charge in [-0.05, 0) is 49.4 Å². The first-order valence-corrected chi connectivity index (χ1v) is 39.8. The van der Waals surface area contributed by atoms with E-state index < -0.39 is 97.5 Å². The van der Waals surface area contributed by atoms with Crippen LogP contribution in [0.2, 0.25) is 0 Å². The molecule has 0 saturated carbocycles. The maximum absolute atomic E-state index is 13.0. The highest BCUT2D eigenvalue weighted by Gasteiger charge is 2.30. The molecule has 0 amide bonds. The number of phosphoric acid groups is 2. The van der Waals surface area contributed by atoms with Gasteiger partial charge in [-0.3, -0.25) is 37.3 Å². The quantitative estimate of drug-likeness (QED) is 0.0222. The second kappa shape index (κ2) is 60.7. The molecule has 0 rings (SSSR count). The molecule has 0 heterocycles. The number of rotatable bonds is 68. The molecule has 90 heavy (non-hydrogen) atoms. The summed E-state index contributed by atoms with van der Waals surface area (Å²) in [6, 6.07) is 0. The molecular weight excluding hydrogens is 1190 g/mol. The lowest BCUT2D eigenvalue weighted by Crippen LogP contribution is -2.30. The Balaban J connectivity index is 5.23. The zero-order valence-corrected chi connectivity index (χ0v) is 60.6. The highest BCUT2D eigenvalue weighted by Crippen LogP contribution is 2.45. The first-order valence-electron chi connectivity index (χ1n) is 36.8. The van der Waals surface area contributed by atoms with E-state index in [1.807, 2.05) is 0 Å². The molecule has 17 nitrogen and oxygen atoms in total. The maximum Gasteiger partial charge on any atom is 0.472 e. The van der Waals surface area contributed by atoms with E-state index in [9.17, 15) is 43.2 Å². The molecule has 0 aromatic carbocycles. The number of hydrogen-bond acceptors (Lipinski definition) is 15. The Morgan fingerprint density at radius 2 is 0.533 bits per heavy atom. The molecule has 0 aliphatic carbocycles. The average molecular weight is 1330 g/mol. The molecule has 0 aromatic rings. The van der Waals surface area contributed by atoms with Crippen molar-refractivity contribution >= 4 is 39.5 Å². The number of aliphatic hydroxyl groups excluding tert-OH is 1. The van der Waals surface area contributed by atoms with Gasteiger partial charge in [-0.2, -0.15) is 0 Å². The third-order valence-corrected chi connectivity index (χ3v) is 18.9. The zero-order chi connectivity index (χ0) is 66.8. The van der Waals surface area contributed by atoms with Crippen molar-refractivity contribution in [1.82, 2.24) is 0 Å². The minimum atomic E-state index is -4.95. The van der Waals surface area contributed by atoms with Crippen LogP contribution in [0.5, 0.6) is 0 Å². The van der Waals surface area contributed by atoms with Gasteiger partial charge in [0.25, 0.3) is 0 Å². The first kappa shape index (κ1) is 88.1. The highest BCUT2D eigenvalue weighted by molar-refractivity contribution is 7.47. The Morgan fingerprint density at radius 1 is 0.311 bits per heavy atom. The topological polar surface area (TPSA) is 237 Å². The van der Waals surface area contributed by atoms with Crippen molar-refractivity contribution < 1.29 is 80.2 Å². The minimum Gasteiger partial charge on any atom is -0.462 e. The van der Waals surface area contributed by atoms with Gasteiger partial charge in [-0.1, -0.05) is 299 Å². The van der Waals surface area contributed by atoms with Gasteiger partial charge in [0, 0.05) is 25.7 Å². The van der Waals surface area contributed by atoms with Crippen LogP contribution in [0, 0.1) is 23.7 Å². The number of ether oxygens (including phenoxy) is 4. The van der Waals surface area contributed by atoms with E-state index in [2.05, 4.69) is 55.4 Å². The van der Waals surface area contributed by atoms with Gasteiger partial charge in [0.15, 0.2) is 12.2 Å². The summed E-state index contributed by atoms with van der Waals surface area (Å²) in [5.74, 6) is 0.875. The molecule has 0 spiro atoms. The van der Waals surface area contributed by atoms with Gasteiger partial charge in [0.05, 0.1) is 26.4 Å². The number of aliphatic hydroxyl groups is 1. The average Bonchev–Trinajstić information content (AvgIpc) is 3.72. The largest absolute Gasteiger partial charge is 0.472 e. The van der Waals surface area contributed by atoms with Crippen LogP contribution >= 0.6 is 15.6 Å². The van der Waals surface area contributed by atoms with E-state index in [1.54, 1.807) is 0 Å². The number of unbranched alkanes of at least 4 members (excludes halogenated alkanes) is 32. The summed E-state index contributed by atoms with van der Waals surface area (Å²) in [5.41, 5.74) is 0. The van der Waals surface area contributed by atoms with Crippen molar-refractivity contribution in [2.45, 2.75) is 369 Å². The Morgan fingerprint density at radius 3 is 0.789 bits per heavy atom. The molecule has 0 aliphatic rings. The molecule has 0 aromatic heterocycles. The number of carbonyl (C=O) groups is 4. The zero-order valence-electron chi connectivity index (χ0n) is 58.8. The third kappa shape index (κ3) is 62.2. The molecule has 7 atom stereocenters. The van der Waals surface area contributed by atoms with E-state index in [-0.39, 0.29) is 25.7 Å². The van der Waals surface area contributed by atoms with Crippen LogP contribution in [0.15, 0.2) is 0 Å². The second-order valence-electron chi connectivity index (χ2n) is 27.1. The van der Waals surface area contributed by atoms with Gasteiger partial charge in [0.1, 0.15) is 19.3 Å². The van der Waals surface area contributed by atoms with Crippen LogP contribution in [-0.4, -0.2) is 96.7 Å². The summed E-state index contributed by atoms with van der Waals surface area (Å²) in [4.78, 5) is 72.5. The molecular formula is C71H138O17P2. The summed E-state index contributed by atoms with van der Waals surface area (Å²) < 4.78 is 68.3. The third-order valence-electron chi connectivity index (χ3n) is 17.0. The summed E-state index contributed by atoms with van der Waals surface area (Å²) >= 11 is 0. The monoisotopic (exact) mass is 1320 g/mol. The van der Waals surface area contributed by atoms with Crippen molar-refractivity contribution in [2.24, 2.45) is 23.7 Å². The standard InChI is InChI=1S/C71H138O17P2/c1-9-63(7)49-41-33-25-20-21-26-35-43-51-68(73)81-57-66(87-70(75)53-45-37-27-19-17-15-13-11-12-14-16-18-23-31-39-47-61(3)4)59-85-89(77,78)83-55-65(72)56-84-90(79,80)86-60-67(88-71(76)54-46-38-28-22-24-32-40-48-62(5)6)58-82-69(74)52-44-36-30-29-34-42-50-64(8)10-2/h61-67,72H,9-60H2,1-8H3,(H,77,78)(H,79,80)/t63?,64?,65-,66-,67-/m1/s1. The molecule has 0 bridgehead atoms. The molecule has 0 fully saturated rings. The summed E-state index contributed by atoms with van der Waals surface area (Å²) in [7, 11) is -9.90. The fourth-order valence-corrected chi connectivity index (χ4v) is 12.2. The predicted molar refractivity (Wildman–Crippen MR) is 363 cm³/mol. The summed E-state index contributed by atoms with van der Waals surface area (Å²) in [6.07, 6.45) is 43.2. The Labute approximate surface area is 549 Å². The molecule has 0 saturated heterocycles. The lowest BCUT2D eigenvalue weighted by Gasteiger charge is -2.21. The number of carbonyl (C=O) groups excluding carboxylic acids is 4. The van der Waals surface area contributed by atoms with E-state index in [1.165, 1.54) is 148 Å². The van der Waals surface area contributed by atoms with E-state index >= 15 is 0 Å². The minimum absolute atomic E-state index is 0.102. The maximum atomic E-state index is 13.0. The second-order valence-corrected chi connectivity index (χ2v) is 30.0. The van der Waals surface area contributed by atoms with Crippen molar-refractivity contribution in [3.63, 3.8) is 0 Å². The van der Waals surface area contributed by atoms with Gasteiger partial charge in [0.2, 0.25) is 0 Å². The molecule has 4 unspecified atom stereocenters. The predicted octanol–water partition coefficient (Wildman–Crippen LogP) is 20.1. The fraction of sp³-hybridized carbons (Fsp3) is 0.944. The van der Waals surface area contributed by atoms with Crippen molar-refractivity contribution in [1.29, 1.82) is 0 Å². The Hall–Kier alpha value is -1.94. The molecule has 0 radical (unpaired) electrons. The van der Waals surface area contributed by atoms with Crippen LogP contribution in [0.1, 0.15) is 351 Å². The molecule has 534 valence electrons. The van der Waals surface area contributed by atoms with E-state index in [4.69, 9.17) is 37.0 Å². The van der Waals surface area contributed by atoms with Gasteiger partial charge in [-0.25, -0.2) is 9.13 Å². The SMILES string of the molecule is CCC(C)CCCCCCCCCCC(=O)OC[C@H](COP(=O)(O)OC[C@@H](O)COP(=O)(O)OC[C@@H](COC(=O)CCCCCCCCC(C)CC)OC(=O)CCCCCCCCCC(C)C)OC(=O)CCCCCCCCCCCCCCCCCC(C)C. The van der Waals surface area contributed by atoms with E-state index in [0.29, 0.717) is 31.6 Å². The van der Waals surface area contributed by atoms with Crippen LogP contribution in [0.25, 0.3) is 0 Å². The number of phosphoric ester groups is 2. The van der Waals surface area contributed by atoms with Gasteiger partial charge in [-0.15, -0.1) is 0 Å². The molecule has 19 heteroatoms. The molecule has 3 N–H and O–H groups in total. The lowest BCUT2D eigenvalue weighted by atomic mass is 9.99. The molecule has 0 aliphatic heterocycles. The van der Waals surface area contributed by atoms with Crippen molar-refractivity contribution in [3.05, 3.63) is 0 Å². The fourth-order valence-electron chi connectivity index (χ4n) is 10.6. The van der Waals surface area contributed by atoms with Crippen molar-refractivity contribution in [2.75, 3.05) is 39.6 Å². The van der Waals surface area contributed by atoms with Crippen LogP contribution in [-0.2, 0) is 65.4 Å². The van der Waals surface area contributed by atoms with E-state index in [0.717, 1.165) is 114 Å². The normalized spacial score (nSPS) is 14.9. The van der Waals surface area contributed by atoms with Crippen LogP contribution in [0.4, 0.5) is 0 Å². The van der Waals surface area contributed by atoms with Gasteiger partial charge < -0.3 is 33.8 Å². The first-order chi connectivity index (χ1) is 43.2. The Kier molecular flexibility index (Phi) is 59.4. The highest BCUT2D eigenvalue weighted by atomic mass is 31.2. The number of hydrogen-bond donors (Lipinski definition) is 3. The number of esters is 4. The lowest BCUT2D eigenvalue weighted by molar-refractivity contribution is -0.161. The van der Waals surface area contributed by atoms with Crippen molar-refractivity contribution in [3.8, 4) is 0 Å². The Bertz CT molecular complexity index is 1790. The van der Waals surface area contributed by atoms with Gasteiger partial charge >= 0.3 is 39.5 Å². The smallest absolute Gasteiger partial charge is 0.462 e. The summed E-state index contributed by atoms with van der Waals surface area (Å²) in [5, 5.41) is 10.6. The van der Waals surface area contributed by atoms with Crippen LogP contribution in [0.3, 0.4) is 0 Å². The summed E-state index contributed by atoms with van der Waals surface area (Å²) in [6.45, 7) is 14.1.